The third kappa shape index (κ3) is 4.21. The second kappa shape index (κ2) is 8.67. The minimum absolute atomic E-state index is 0.0632. The average Bonchev–Trinajstić information content (AvgIpc) is 3.39. The van der Waals surface area contributed by atoms with Gasteiger partial charge in [0.2, 0.25) is 11.8 Å². The average molecular weight is 422 g/mol. The molecule has 1 aromatic heterocycles. The van der Waals surface area contributed by atoms with Gasteiger partial charge < -0.3 is 15.0 Å². The summed E-state index contributed by atoms with van der Waals surface area (Å²) in [5.74, 6) is 0.780. The first-order valence-electron chi connectivity index (χ1n) is 9.84. The van der Waals surface area contributed by atoms with Gasteiger partial charge in [-0.15, -0.1) is 11.3 Å². The van der Waals surface area contributed by atoms with E-state index in [0.717, 1.165) is 46.8 Å². The number of nitrogens with one attached hydrogen (secondary N) is 1. The molecule has 0 bridgehead atoms. The summed E-state index contributed by atoms with van der Waals surface area (Å²) in [6, 6.07) is 13.7. The number of amides is 2. The SMILES string of the molecule is COc1ccccc1CCC(=O)Nc1nc(-c2ccc3c(c2)CCN3C(C)=O)cs1. The van der Waals surface area contributed by atoms with Crippen LogP contribution in [0.2, 0.25) is 0 Å². The van der Waals surface area contributed by atoms with Crippen LogP contribution < -0.4 is 15.0 Å². The van der Waals surface area contributed by atoms with Gasteiger partial charge in [0.05, 0.1) is 12.8 Å². The highest BCUT2D eigenvalue weighted by Gasteiger charge is 2.22. The summed E-state index contributed by atoms with van der Waals surface area (Å²) in [5, 5.41) is 5.41. The summed E-state index contributed by atoms with van der Waals surface area (Å²) < 4.78 is 5.34. The molecule has 2 heterocycles. The Balaban J connectivity index is 1.40. The molecule has 2 aromatic carbocycles. The van der Waals surface area contributed by atoms with Crippen molar-refractivity contribution in [2.75, 3.05) is 23.9 Å². The Hall–Kier alpha value is -3.19. The molecular formula is C23H23N3O3S. The number of ether oxygens (including phenoxy) is 1. The van der Waals surface area contributed by atoms with E-state index >= 15 is 0 Å². The molecule has 0 saturated carbocycles. The summed E-state index contributed by atoms with van der Waals surface area (Å²) in [6.45, 7) is 2.31. The van der Waals surface area contributed by atoms with Crippen LogP contribution in [-0.2, 0) is 22.4 Å². The van der Waals surface area contributed by atoms with E-state index in [2.05, 4.69) is 16.4 Å². The normalized spacial score (nSPS) is 12.5. The van der Waals surface area contributed by atoms with Gasteiger partial charge in [0.15, 0.2) is 5.13 Å². The van der Waals surface area contributed by atoms with Crippen molar-refractivity contribution in [3.8, 4) is 17.0 Å². The number of hydrogen-bond acceptors (Lipinski definition) is 5. The highest BCUT2D eigenvalue weighted by atomic mass is 32.1. The van der Waals surface area contributed by atoms with Crippen LogP contribution in [0.15, 0.2) is 47.8 Å². The van der Waals surface area contributed by atoms with Crippen LogP contribution in [0, 0.1) is 0 Å². The zero-order valence-electron chi connectivity index (χ0n) is 17.0. The zero-order chi connectivity index (χ0) is 21.1. The van der Waals surface area contributed by atoms with Crippen molar-refractivity contribution in [1.29, 1.82) is 0 Å². The van der Waals surface area contributed by atoms with Crippen LogP contribution in [0.5, 0.6) is 5.75 Å². The van der Waals surface area contributed by atoms with Crippen LogP contribution in [0.3, 0.4) is 0 Å². The van der Waals surface area contributed by atoms with Crippen molar-refractivity contribution < 1.29 is 14.3 Å². The van der Waals surface area contributed by atoms with Gasteiger partial charge >= 0.3 is 0 Å². The van der Waals surface area contributed by atoms with E-state index < -0.39 is 0 Å². The highest BCUT2D eigenvalue weighted by molar-refractivity contribution is 7.14. The van der Waals surface area contributed by atoms with Crippen molar-refractivity contribution in [1.82, 2.24) is 4.98 Å². The lowest BCUT2D eigenvalue weighted by Crippen LogP contribution is -2.25. The first kappa shape index (κ1) is 20.1. The molecule has 1 N–H and O–H groups in total. The van der Waals surface area contributed by atoms with Gasteiger partial charge in [-0.2, -0.15) is 0 Å². The van der Waals surface area contributed by atoms with Gasteiger partial charge in [0, 0.05) is 36.5 Å². The Morgan fingerprint density at radius 1 is 1.23 bits per heavy atom. The van der Waals surface area contributed by atoms with Crippen LogP contribution in [0.1, 0.15) is 24.5 Å². The van der Waals surface area contributed by atoms with Crippen LogP contribution in [-0.4, -0.2) is 30.5 Å². The first-order chi connectivity index (χ1) is 14.5. The lowest BCUT2D eigenvalue weighted by Gasteiger charge is -2.14. The number of aromatic nitrogens is 1. The molecule has 0 unspecified atom stereocenters. The second-order valence-corrected chi connectivity index (χ2v) is 8.02. The Bertz CT molecular complexity index is 1090. The third-order valence-corrected chi connectivity index (χ3v) is 5.97. The number of anilines is 2. The molecule has 0 atom stereocenters. The van der Waals surface area contributed by atoms with E-state index in [1.54, 1.807) is 18.9 Å². The molecule has 7 heteroatoms. The molecule has 1 aliphatic rings. The van der Waals surface area contributed by atoms with Gasteiger partial charge in [-0.1, -0.05) is 24.3 Å². The fourth-order valence-electron chi connectivity index (χ4n) is 3.69. The van der Waals surface area contributed by atoms with Crippen molar-refractivity contribution in [2.24, 2.45) is 0 Å². The van der Waals surface area contributed by atoms with E-state index in [4.69, 9.17) is 4.74 Å². The van der Waals surface area contributed by atoms with Gasteiger partial charge in [-0.05, 0) is 42.2 Å². The summed E-state index contributed by atoms with van der Waals surface area (Å²) in [4.78, 5) is 30.4. The third-order valence-electron chi connectivity index (χ3n) is 5.22. The number of benzene rings is 2. The number of aryl methyl sites for hydroxylation is 1. The van der Waals surface area contributed by atoms with E-state index in [1.807, 2.05) is 41.8 Å². The molecule has 1 aliphatic heterocycles. The molecule has 6 nitrogen and oxygen atoms in total. The Morgan fingerprint density at radius 2 is 2.07 bits per heavy atom. The summed E-state index contributed by atoms with van der Waals surface area (Å²) in [5.41, 5.74) is 4.95. The van der Waals surface area contributed by atoms with E-state index in [0.29, 0.717) is 18.0 Å². The molecule has 4 rings (SSSR count). The fourth-order valence-corrected chi connectivity index (χ4v) is 4.43. The molecule has 30 heavy (non-hydrogen) atoms. The molecule has 3 aromatic rings. The molecule has 0 radical (unpaired) electrons. The quantitative estimate of drug-likeness (QED) is 0.644. The predicted octanol–water partition coefficient (Wildman–Crippen LogP) is 4.30. The molecule has 0 fully saturated rings. The summed E-state index contributed by atoms with van der Waals surface area (Å²) in [6.07, 6.45) is 1.81. The minimum atomic E-state index is -0.0761. The Labute approximate surface area is 179 Å². The van der Waals surface area contributed by atoms with E-state index in [1.165, 1.54) is 11.3 Å². The van der Waals surface area contributed by atoms with E-state index in [-0.39, 0.29) is 11.8 Å². The van der Waals surface area contributed by atoms with Crippen LogP contribution in [0.25, 0.3) is 11.3 Å². The van der Waals surface area contributed by atoms with Gasteiger partial charge in [-0.3, -0.25) is 9.59 Å². The molecule has 2 amide bonds. The number of thiazole rings is 1. The standard InChI is InChI=1S/C23H23N3O3S/c1-15(27)26-12-11-18-13-17(7-9-20(18)26)19-14-30-23(24-19)25-22(28)10-8-16-5-3-4-6-21(16)29-2/h3-7,9,13-14H,8,10-12H2,1-2H3,(H,24,25,28). The predicted molar refractivity (Wildman–Crippen MR) is 119 cm³/mol. The molecular weight excluding hydrogens is 398 g/mol. The fraction of sp³-hybridized carbons (Fsp3) is 0.261. The van der Waals surface area contributed by atoms with E-state index in [9.17, 15) is 9.59 Å². The largest absolute Gasteiger partial charge is 0.496 e. The summed E-state index contributed by atoms with van der Waals surface area (Å²) >= 11 is 1.41. The van der Waals surface area contributed by atoms with Crippen molar-refractivity contribution >= 4 is 34.0 Å². The highest BCUT2D eigenvalue weighted by Crippen LogP contribution is 2.33. The van der Waals surface area contributed by atoms with Gasteiger partial charge in [0.25, 0.3) is 0 Å². The number of para-hydroxylation sites is 1. The molecule has 0 saturated heterocycles. The lowest BCUT2D eigenvalue weighted by molar-refractivity contribution is -0.117. The van der Waals surface area contributed by atoms with Crippen molar-refractivity contribution in [3.05, 3.63) is 59.0 Å². The molecule has 154 valence electrons. The number of carbonyl (C=O) groups excluding carboxylic acids is 2. The smallest absolute Gasteiger partial charge is 0.226 e. The molecule has 0 aliphatic carbocycles. The molecule has 0 spiro atoms. The summed E-state index contributed by atoms with van der Waals surface area (Å²) in [7, 11) is 1.63. The number of methoxy groups -OCH3 is 1. The minimum Gasteiger partial charge on any atom is -0.496 e. The Kier molecular flexibility index (Phi) is 5.81. The van der Waals surface area contributed by atoms with Crippen LogP contribution in [0.4, 0.5) is 10.8 Å². The number of nitrogens with zero attached hydrogens (tertiary/aromatic N) is 2. The number of carbonyl (C=O) groups is 2. The Morgan fingerprint density at radius 3 is 2.87 bits per heavy atom. The van der Waals surface area contributed by atoms with Crippen molar-refractivity contribution in [3.63, 3.8) is 0 Å². The number of rotatable bonds is 6. The maximum absolute atomic E-state index is 12.4. The first-order valence-corrected chi connectivity index (χ1v) is 10.7. The number of fused-ring (bicyclic) bond motifs is 1. The maximum Gasteiger partial charge on any atom is 0.226 e. The number of hydrogen-bond donors (Lipinski definition) is 1. The second-order valence-electron chi connectivity index (χ2n) is 7.16. The monoisotopic (exact) mass is 421 g/mol. The maximum atomic E-state index is 12.4. The van der Waals surface area contributed by atoms with Gasteiger partial charge in [0.1, 0.15) is 5.75 Å². The topological polar surface area (TPSA) is 71.5 Å². The van der Waals surface area contributed by atoms with Gasteiger partial charge in [-0.25, -0.2) is 4.98 Å². The van der Waals surface area contributed by atoms with Crippen LogP contribution >= 0.6 is 11.3 Å². The van der Waals surface area contributed by atoms with Crippen molar-refractivity contribution in [2.45, 2.75) is 26.2 Å². The zero-order valence-corrected chi connectivity index (χ0v) is 17.8. The lowest BCUT2D eigenvalue weighted by atomic mass is 10.1.